The summed E-state index contributed by atoms with van der Waals surface area (Å²) in [5, 5.41) is 0. The van der Waals surface area contributed by atoms with Crippen molar-refractivity contribution in [3.63, 3.8) is 0 Å². The van der Waals surface area contributed by atoms with Crippen LogP contribution in [0.15, 0.2) is 0 Å². The number of phosphoric acid groups is 1. The predicted octanol–water partition coefficient (Wildman–Crippen LogP) is 11.6. The van der Waals surface area contributed by atoms with Gasteiger partial charge < -0.3 is 0 Å². The zero-order valence-electron chi connectivity index (χ0n) is 25.3. The van der Waals surface area contributed by atoms with Gasteiger partial charge in [-0.3, -0.25) is 13.6 Å². The van der Waals surface area contributed by atoms with E-state index in [1.165, 1.54) is 0 Å². The summed E-state index contributed by atoms with van der Waals surface area (Å²) in [5.74, 6) is 0. The van der Waals surface area contributed by atoms with Crippen molar-refractivity contribution in [3.8, 4) is 0 Å². The topological polar surface area (TPSA) is 44.8 Å². The minimum atomic E-state index is -3.85. The molecular formula is C30H63O4P. The molecule has 0 spiro atoms. The van der Waals surface area contributed by atoms with E-state index in [4.69, 9.17) is 13.6 Å². The first-order valence-corrected chi connectivity index (χ1v) is 16.8. The van der Waals surface area contributed by atoms with Crippen molar-refractivity contribution in [2.24, 2.45) is 0 Å². The first-order valence-electron chi connectivity index (χ1n) is 15.4. The molecule has 0 rings (SSSR count). The second-order valence-corrected chi connectivity index (χ2v) is 12.5. The molecule has 0 aliphatic heterocycles. The first kappa shape index (κ1) is 35.1. The zero-order chi connectivity index (χ0) is 26.8. The Labute approximate surface area is 220 Å². The number of hydrogen-bond donors (Lipinski definition) is 0. The molecule has 0 bridgehead atoms. The Bertz CT molecular complexity index is 435. The summed E-state index contributed by atoms with van der Waals surface area (Å²) < 4.78 is 35.6. The van der Waals surface area contributed by atoms with E-state index >= 15 is 4.57 Å². The monoisotopic (exact) mass is 518 g/mol. The normalized spacial score (nSPS) is 13.5. The van der Waals surface area contributed by atoms with Crippen LogP contribution < -0.4 is 0 Å². The Kier molecular flexibility index (Phi) is 18.4. The SMILES string of the molecule is CCCC(CCC)(CCC)OP(=O)(OC(CCC)(CCC)CCC)OC(CCC)(CCC)CCC. The fraction of sp³-hybridized carbons (Fsp3) is 1.00. The third-order valence-corrected chi connectivity index (χ3v) is 9.10. The van der Waals surface area contributed by atoms with Crippen LogP contribution in [-0.2, 0) is 18.1 Å². The quantitative estimate of drug-likeness (QED) is 0.119. The van der Waals surface area contributed by atoms with Crippen molar-refractivity contribution in [1.82, 2.24) is 0 Å². The lowest BCUT2D eigenvalue weighted by Gasteiger charge is -2.44. The molecule has 0 fully saturated rings. The molecule has 0 aromatic rings. The summed E-state index contributed by atoms with van der Waals surface area (Å²) in [4.78, 5) is 0. The maximum atomic E-state index is 15.1. The van der Waals surface area contributed by atoms with Crippen LogP contribution in [0.2, 0.25) is 0 Å². The summed E-state index contributed by atoms with van der Waals surface area (Å²) in [6, 6.07) is 0. The van der Waals surface area contributed by atoms with E-state index in [-0.39, 0.29) is 0 Å². The number of phosphoric ester groups is 1. The highest BCUT2D eigenvalue weighted by Gasteiger charge is 2.49. The standard InChI is InChI=1S/C30H63O4P/c1-10-19-28(20-11-2,21-12-3)32-35(31,33-29(22-13-4,23-14-5)24-15-6)34-30(25-16-7,26-17-8)27-18-9/h10-27H2,1-9H3. The van der Waals surface area contributed by atoms with Crippen LogP contribution in [0.5, 0.6) is 0 Å². The lowest BCUT2D eigenvalue weighted by atomic mass is 9.88. The van der Waals surface area contributed by atoms with Crippen molar-refractivity contribution >= 4 is 7.82 Å². The van der Waals surface area contributed by atoms with Gasteiger partial charge in [0.15, 0.2) is 0 Å². The molecule has 0 aliphatic rings. The molecule has 0 saturated heterocycles. The molecular weight excluding hydrogens is 455 g/mol. The molecule has 5 heteroatoms. The lowest BCUT2D eigenvalue weighted by molar-refractivity contribution is -0.0879. The third kappa shape index (κ3) is 12.0. The van der Waals surface area contributed by atoms with E-state index in [9.17, 15) is 0 Å². The molecule has 0 aliphatic carbocycles. The molecule has 4 nitrogen and oxygen atoms in total. The maximum Gasteiger partial charge on any atom is 0.476 e. The van der Waals surface area contributed by atoms with Crippen LogP contribution in [-0.4, -0.2) is 16.8 Å². The molecule has 0 unspecified atom stereocenters. The van der Waals surface area contributed by atoms with Crippen LogP contribution in [0.25, 0.3) is 0 Å². The van der Waals surface area contributed by atoms with E-state index in [0.29, 0.717) is 0 Å². The largest absolute Gasteiger partial charge is 0.476 e. The predicted molar refractivity (Wildman–Crippen MR) is 153 cm³/mol. The van der Waals surface area contributed by atoms with Crippen molar-refractivity contribution in [1.29, 1.82) is 0 Å². The summed E-state index contributed by atoms with van der Waals surface area (Å²) in [6.07, 6.45) is 16.9. The van der Waals surface area contributed by atoms with Crippen LogP contribution in [0.3, 0.4) is 0 Å². The third-order valence-electron chi connectivity index (χ3n) is 7.27. The van der Waals surface area contributed by atoms with Gasteiger partial charge >= 0.3 is 7.82 Å². The second kappa shape index (κ2) is 18.4. The Balaban J connectivity index is 6.75. The van der Waals surface area contributed by atoms with Crippen molar-refractivity contribution in [3.05, 3.63) is 0 Å². The van der Waals surface area contributed by atoms with Gasteiger partial charge in [0.1, 0.15) is 0 Å². The molecule has 212 valence electrons. The number of hydrogen-bond acceptors (Lipinski definition) is 4. The molecule has 0 aromatic carbocycles. The summed E-state index contributed by atoms with van der Waals surface area (Å²) in [6.45, 7) is 19.8. The van der Waals surface area contributed by atoms with Gasteiger partial charge in [0.25, 0.3) is 0 Å². The minimum Gasteiger partial charge on any atom is -0.280 e. The van der Waals surface area contributed by atoms with Crippen LogP contribution >= 0.6 is 7.82 Å². The van der Waals surface area contributed by atoms with E-state index in [1.807, 2.05) is 0 Å². The Morgan fingerprint density at radius 1 is 0.371 bits per heavy atom. The maximum absolute atomic E-state index is 15.1. The van der Waals surface area contributed by atoms with E-state index in [2.05, 4.69) is 62.3 Å². The van der Waals surface area contributed by atoms with Gasteiger partial charge in [-0.1, -0.05) is 120 Å². The van der Waals surface area contributed by atoms with Crippen LogP contribution in [0, 0.1) is 0 Å². The molecule has 0 heterocycles. The smallest absolute Gasteiger partial charge is 0.280 e. The zero-order valence-corrected chi connectivity index (χ0v) is 26.2. The minimum absolute atomic E-state index is 0.458. The molecule has 0 amide bonds. The Hall–Kier alpha value is 0.110. The lowest BCUT2D eigenvalue weighted by Crippen LogP contribution is -2.39. The van der Waals surface area contributed by atoms with Crippen molar-refractivity contribution < 1.29 is 18.1 Å². The van der Waals surface area contributed by atoms with Crippen molar-refractivity contribution in [2.75, 3.05) is 0 Å². The van der Waals surface area contributed by atoms with Gasteiger partial charge in [0, 0.05) is 0 Å². The average molecular weight is 519 g/mol. The molecule has 0 atom stereocenters. The molecule has 0 saturated carbocycles. The van der Waals surface area contributed by atoms with E-state index < -0.39 is 24.6 Å². The first-order chi connectivity index (χ1) is 16.7. The second-order valence-electron chi connectivity index (χ2n) is 11.0. The fourth-order valence-corrected chi connectivity index (χ4v) is 8.76. The van der Waals surface area contributed by atoms with E-state index in [0.717, 1.165) is 116 Å². The molecule has 0 N–H and O–H groups in total. The van der Waals surface area contributed by atoms with Gasteiger partial charge in [0.05, 0.1) is 16.8 Å². The van der Waals surface area contributed by atoms with Crippen LogP contribution in [0.4, 0.5) is 0 Å². The number of rotatable bonds is 24. The van der Waals surface area contributed by atoms with Gasteiger partial charge in [-0.2, -0.15) is 0 Å². The molecule has 0 aromatic heterocycles. The highest BCUT2D eigenvalue weighted by atomic mass is 31.2. The van der Waals surface area contributed by atoms with Crippen molar-refractivity contribution in [2.45, 2.75) is 195 Å². The van der Waals surface area contributed by atoms with Gasteiger partial charge in [0.2, 0.25) is 0 Å². The van der Waals surface area contributed by atoms with Gasteiger partial charge in [-0.25, -0.2) is 4.57 Å². The van der Waals surface area contributed by atoms with Gasteiger partial charge in [-0.15, -0.1) is 0 Å². The fourth-order valence-electron chi connectivity index (χ4n) is 6.40. The highest BCUT2D eigenvalue weighted by Crippen LogP contribution is 2.63. The van der Waals surface area contributed by atoms with Crippen LogP contribution in [0.1, 0.15) is 178 Å². The summed E-state index contributed by atoms with van der Waals surface area (Å²) in [7, 11) is -3.85. The summed E-state index contributed by atoms with van der Waals surface area (Å²) >= 11 is 0. The molecule has 0 radical (unpaired) electrons. The van der Waals surface area contributed by atoms with Gasteiger partial charge in [-0.05, 0) is 57.8 Å². The Morgan fingerprint density at radius 2 is 0.514 bits per heavy atom. The highest BCUT2D eigenvalue weighted by molar-refractivity contribution is 7.48. The Morgan fingerprint density at radius 3 is 0.629 bits per heavy atom. The summed E-state index contributed by atoms with van der Waals surface area (Å²) in [5.41, 5.74) is -1.37. The average Bonchev–Trinajstić information content (AvgIpc) is 2.75. The van der Waals surface area contributed by atoms with E-state index in [1.54, 1.807) is 0 Å². The molecule has 35 heavy (non-hydrogen) atoms.